The van der Waals surface area contributed by atoms with Gasteiger partial charge in [-0.1, -0.05) is 19.1 Å². The molecule has 2 saturated heterocycles. The standard InChI is InChI=1S/C18H27N3O2/c1-13(16-11-19-12-16)18(22)20-17-5-3-4-15(10-17)14(2)21-6-8-23-9-7-21/h3-5,10,13-14,16,19H,6-9,11-12H2,1-2H3,(H,20,22). The molecule has 23 heavy (non-hydrogen) atoms. The summed E-state index contributed by atoms with van der Waals surface area (Å²) in [4.78, 5) is 14.8. The van der Waals surface area contributed by atoms with Crippen LogP contribution in [0.5, 0.6) is 0 Å². The van der Waals surface area contributed by atoms with Crippen LogP contribution in [-0.2, 0) is 9.53 Å². The number of benzene rings is 1. The zero-order chi connectivity index (χ0) is 16.2. The number of nitrogens with one attached hydrogen (secondary N) is 2. The number of morpholine rings is 1. The highest BCUT2D eigenvalue weighted by atomic mass is 16.5. The maximum absolute atomic E-state index is 12.4. The lowest BCUT2D eigenvalue weighted by molar-refractivity contribution is -0.121. The fourth-order valence-electron chi connectivity index (χ4n) is 3.19. The Morgan fingerprint density at radius 3 is 2.70 bits per heavy atom. The summed E-state index contributed by atoms with van der Waals surface area (Å²) in [5.74, 6) is 0.634. The fraction of sp³-hybridized carbons (Fsp3) is 0.611. The van der Waals surface area contributed by atoms with Crippen LogP contribution >= 0.6 is 0 Å². The van der Waals surface area contributed by atoms with Gasteiger partial charge in [-0.3, -0.25) is 9.69 Å². The molecule has 2 N–H and O–H groups in total. The first-order chi connectivity index (χ1) is 11.1. The first kappa shape index (κ1) is 16.4. The lowest BCUT2D eigenvalue weighted by Gasteiger charge is -2.33. The van der Waals surface area contributed by atoms with Crippen LogP contribution in [0.2, 0.25) is 0 Å². The lowest BCUT2D eigenvalue weighted by Crippen LogP contribution is -2.48. The summed E-state index contributed by atoms with van der Waals surface area (Å²) >= 11 is 0. The van der Waals surface area contributed by atoms with Gasteiger partial charge in [0, 0.05) is 30.7 Å². The second-order valence-corrected chi connectivity index (χ2v) is 6.65. The van der Waals surface area contributed by atoms with Gasteiger partial charge in [-0.25, -0.2) is 0 Å². The molecule has 5 heteroatoms. The van der Waals surface area contributed by atoms with Crippen molar-refractivity contribution in [1.29, 1.82) is 0 Å². The SMILES string of the molecule is CC(C(=O)Nc1cccc(C(C)N2CCOCC2)c1)C1CNC1. The van der Waals surface area contributed by atoms with E-state index in [1.165, 1.54) is 5.56 Å². The Morgan fingerprint density at radius 2 is 2.04 bits per heavy atom. The molecule has 2 fully saturated rings. The van der Waals surface area contributed by atoms with Gasteiger partial charge in [0.1, 0.15) is 0 Å². The number of amides is 1. The first-order valence-corrected chi connectivity index (χ1v) is 8.58. The van der Waals surface area contributed by atoms with E-state index < -0.39 is 0 Å². The predicted molar refractivity (Wildman–Crippen MR) is 91.4 cm³/mol. The van der Waals surface area contributed by atoms with Crippen LogP contribution in [0.25, 0.3) is 0 Å². The number of hydrogen-bond donors (Lipinski definition) is 2. The van der Waals surface area contributed by atoms with E-state index >= 15 is 0 Å². The van der Waals surface area contributed by atoms with Gasteiger partial charge < -0.3 is 15.4 Å². The molecule has 0 radical (unpaired) electrons. The van der Waals surface area contributed by atoms with Crippen molar-refractivity contribution in [3.05, 3.63) is 29.8 Å². The van der Waals surface area contributed by atoms with Gasteiger partial charge in [0.05, 0.1) is 13.2 Å². The number of carbonyl (C=O) groups is 1. The smallest absolute Gasteiger partial charge is 0.227 e. The average molecular weight is 317 g/mol. The van der Waals surface area contributed by atoms with Gasteiger partial charge in [-0.15, -0.1) is 0 Å². The van der Waals surface area contributed by atoms with Crippen LogP contribution in [0.3, 0.4) is 0 Å². The summed E-state index contributed by atoms with van der Waals surface area (Å²) in [6, 6.07) is 8.57. The number of anilines is 1. The molecule has 0 aliphatic carbocycles. The second-order valence-electron chi connectivity index (χ2n) is 6.65. The topological polar surface area (TPSA) is 53.6 Å². The molecule has 5 nitrogen and oxygen atoms in total. The van der Waals surface area contributed by atoms with E-state index in [1.54, 1.807) is 0 Å². The molecule has 2 aliphatic heterocycles. The predicted octanol–water partition coefficient (Wildman–Crippen LogP) is 1.87. The number of hydrogen-bond acceptors (Lipinski definition) is 4. The number of ether oxygens (including phenoxy) is 1. The molecule has 0 aromatic heterocycles. The minimum atomic E-state index is 0.0524. The molecule has 0 saturated carbocycles. The molecule has 126 valence electrons. The highest BCUT2D eigenvalue weighted by Gasteiger charge is 2.28. The van der Waals surface area contributed by atoms with E-state index in [1.807, 2.05) is 19.1 Å². The molecule has 1 aromatic carbocycles. The Kier molecular flexibility index (Phi) is 5.30. The molecule has 1 aromatic rings. The lowest BCUT2D eigenvalue weighted by atomic mass is 9.88. The van der Waals surface area contributed by atoms with Crippen molar-refractivity contribution in [2.45, 2.75) is 19.9 Å². The van der Waals surface area contributed by atoms with Gasteiger partial charge >= 0.3 is 0 Å². The third-order valence-electron chi connectivity index (χ3n) is 5.16. The molecule has 2 heterocycles. The highest BCUT2D eigenvalue weighted by Crippen LogP contribution is 2.24. The Bertz CT molecular complexity index is 539. The van der Waals surface area contributed by atoms with E-state index in [-0.39, 0.29) is 11.8 Å². The van der Waals surface area contributed by atoms with Crippen molar-refractivity contribution >= 4 is 11.6 Å². The van der Waals surface area contributed by atoms with Crippen molar-refractivity contribution in [1.82, 2.24) is 10.2 Å². The number of nitrogens with zero attached hydrogens (tertiary/aromatic N) is 1. The average Bonchev–Trinajstić information content (AvgIpc) is 2.53. The molecule has 2 atom stereocenters. The maximum atomic E-state index is 12.4. The van der Waals surface area contributed by atoms with E-state index in [2.05, 4.69) is 34.6 Å². The molecule has 2 aliphatic rings. The van der Waals surface area contributed by atoms with Crippen LogP contribution in [0.15, 0.2) is 24.3 Å². The normalized spacial score (nSPS) is 22.2. The van der Waals surface area contributed by atoms with Crippen LogP contribution in [-0.4, -0.2) is 50.2 Å². The fourth-order valence-corrected chi connectivity index (χ4v) is 3.19. The van der Waals surface area contributed by atoms with E-state index in [9.17, 15) is 4.79 Å². The summed E-state index contributed by atoms with van der Waals surface area (Å²) in [5, 5.41) is 6.30. The first-order valence-electron chi connectivity index (χ1n) is 8.58. The van der Waals surface area contributed by atoms with Crippen molar-refractivity contribution < 1.29 is 9.53 Å². The largest absolute Gasteiger partial charge is 0.379 e. The van der Waals surface area contributed by atoms with Gasteiger partial charge in [0.15, 0.2) is 0 Å². The Balaban J connectivity index is 1.63. The van der Waals surface area contributed by atoms with Crippen molar-refractivity contribution in [2.75, 3.05) is 44.7 Å². The zero-order valence-corrected chi connectivity index (χ0v) is 14.0. The van der Waals surface area contributed by atoms with Crippen molar-refractivity contribution in [2.24, 2.45) is 11.8 Å². The second kappa shape index (κ2) is 7.43. The van der Waals surface area contributed by atoms with E-state index in [4.69, 9.17) is 4.74 Å². The molecule has 1 amide bonds. The molecule has 3 rings (SSSR count). The zero-order valence-electron chi connectivity index (χ0n) is 14.0. The minimum absolute atomic E-state index is 0.0524. The summed E-state index contributed by atoms with van der Waals surface area (Å²) < 4.78 is 5.42. The summed E-state index contributed by atoms with van der Waals surface area (Å²) in [6.07, 6.45) is 0. The Labute approximate surface area is 138 Å². The third kappa shape index (κ3) is 3.91. The number of carbonyl (C=O) groups excluding carboxylic acids is 1. The van der Waals surface area contributed by atoms with Gasteiger partial charge in [-0.05, 0) is 43.6 Å². The molecular weight excluding hydrogens is 290 g/mol. The molecular formula is C18H27N3O2. The maximum Gasteiger partial charge on any atom is 0.227 e. The Morgan fingerprint density at radius 1 is 1.30 bits per heavy atom. The van der Waals surface area contributed by atoms with Crippen molar-refractivity contribution in [3.8, 4) is 0 Å². The van der Waals surface area contributed by atoms with Crippen LogP contribution in [0, 0.1) is 11.8 Å². The third-order valence-corrected chi connectivity index (χ3v) is 5.16. The van der Waals surface area contributed by atoms with Crippen LogP contribution in [0.4, 0.5) is 5.69 Å². The van der Waals surface area contributed by atoms with Gasteiger partial charge in [-0.2, -0.15) is 0 Å². The summed E-state index contributed by atoms with van der Waals surface area (Å²) in [6.45, 7) is 9.65. The van der Waals surface area contributed by atoms with Gasteiger partial charge in [0.25, 0.3) is 0 Å². The Hall–Kier alpha value is -1.43. The van der Waals surface area contributed by atoms with E-state index in [0.717, 1.165) is 45.1 Å². The molecule has 0 spiro atoms. The number of rotatable bonds is 5. The van der Waals surface area contributed by atoms with Crippen LogP contribution < -0.4 is 10.6 Å². The van der Waals surface area contributed by atoms with Crippen LogP contribution in [0.1, 0.15) is 25.5 Å². The summed E-state index contributed by atoms with van der Waals surface area (Å²) in [7, 11) is 0. The minimum Gasteiger partial charge on any atom is -0.379 e. The quantitative estimate of drug-likeness (QED) is 0.870. The monoisotopic (exact) mass is 317 g/mol. The van der Waals surface area contributed by atoms with Crippen molar-refractivity contribution in [3.63, 3.8) is 0 Å². The molecule has 0 bridgehead atoms. The summed E-state index contributed by atoms with van der Waals surface area (Å²) in [5.41, 5.74) is 2.13. The van der Waals surface area contributed by atoms with E-state index in [0.29, 0.717) is 12.0 Å². The molecule has 2 unspecified atom stereocenters. The highest BCUT2D eigenvalue weighted by molar-refractivity contribution is 5.92. The van der Waals surface area contributed by atoms with Gasteiger partial charge in [0.2, 0.25) is 5.91 Å².